The Balaban J connectivity index is 2.40. The highest BCUT2D eigenvalue weighted by Crippen LogP contribution is 1.82. The molecular weight excluding hydrogens is 61.0 g/mol. The maximum Gasteiger partial charge on any atom is -0.0356 e. The minimum Gasteiger partial charge on any atom is -0.103 e. The summed E-state index contributed by atoms with van der Waals surface area (Å²) in [6.07, 6.45) is 4.31. The van der Waals surface area contributed by atoms with Crippen LogP contribution in [-0.2, 0) is 0 Å². The lowest BCUT2D eigenvalue weighted by Crippen LogP contribution is -1.52. The van der Waals surface area contributed by atoms with E-state index in [4.69, 9.17) is 0 Å². The highest BCUT2D eigenvalue weighted by Gasteiger charge is 1.61. The summed E-state index contributed by atoms with van der Waals surface area (Å²) in [5, 5.41) is 0. The third kappa shape index (κ3) is 3.74. The molecule has 0 nitrogen and oxygen atoms in total. The monoisotopic (exact) mass is 71.1 g/mol. The molecule has 0 aromatic carbocycles. The molecule has 0 rings (SSSR count). The fourth-order valence-electron chi connectivity index (χ4n) is 0.204. The largest absolute Gasteiger partial charge is 0.103 e. The van der Waals surface area contributed by atoms with Crippen molar-refractivity contribution in [3.63, 3.8) is 0 Å². The van der Waals surface area contributed by atoms with Crippen LogP contribution in [0.2, 0.25) is 0 Å². The fraction of sp³-hybridized carbons (Fsp3) is 0.600. The molecule has 0 spiro atoms. The molecule has 0 aliphatic carbocycles. The van der Waals surface area contributed by atoms with Crippen LogP contribution in [-0.4, -0.2) is 0 Å². The first-order valence-electron chi connectivity index (χ1n) is 2.02. The summed E-state index contributed by atoms with van der Waals surface area (Å²) >= 11 is 0. The second-order valence-electron chi connectivity index (χ2n) is 1.08. The van der Waals surface area contributed by atoms with E-state index in [-0.39, 0.29) is 0 Å². The van der Waals surface area contributed by atoms with Gasteiger partial charge in [-0.2, -0.15) is 0 Å². The number of rotatable bonds is 2. The molecule has 0 amide bonds. The van der Waals surface area contributed by atoms with Gasteiger partial charge in [0.15, 0.2) is 0 Å². The topological polar surface area (TPSA) is 0 Å². The molecule has 0 bridgehead atoms. The average molecular weight is 71.1 g/mol. The highest BCUT2D eigenvalue weighted by atomic mass is 14.1. The fourth-order valence-corrected chi connectivity index (χ4v) is 0.204. The molecule has 0 saturated heterocycles. The minimum absolute atomic E-state index is 1.15. The summed E-state index contributed by atoms with van der Waals surface area (Å²) in [5.41, 5.74) is 0. The van der Waals surface area contributed by atoms with E-state index in [0.717, 1.165) is 6.42 Å². The van der Waals surface area contributed by atoms with Crippen molar-refractivity contribution in [2.24, 2.45) is 0 Å². The Labute approximate surface area is 33.5 Å². The number of unbranched alkanes of at least 4 members (excludes halogenated alkanes) is 1. The summed E-state index contributed by atoms with van der Waals surface area (Å²) in [7, 11) is 0. The van der Waals surface area contributed by atoms with E-state index in [1.807, 2.05) is 6.08 Å². The summed E-state index contributed by atoms with van der Waals surface area (Å²) in [6, 6.07) is 0. The van der Waals surface area contributed by atoms with E-state index < -0.39 is 0 Å². The Hall–Kier alpha value is -0.260. The van der Waals surface area contributed by atoms with Crippen molar-refractivity contribution in [2.75, 3.05) is 0 Å². The molecule has 0 aliphatic rings. The Morgan fingerprint density at radius 2 is 2.40 bits per heavy atom. The molecule has 5 heavy (non-hydrogen) atoms. The minimum atomic E-state index is 1.15. The number of allylic oxidation sites excluding steroid dienone is 1. The van der Waals surface area contributed by atoms with Crippen LogP contribution in [0.1, 0.15) is 19.8 Å². The van der Waals surface area contributed by atoms with Crippen LogP contribution in [0.4, 0.5) is 0 Å². The second kappa shape index (κ2) is 3.74. The molecule has 0 N–H and O–H groups in total. The van der Waals surface area contributed by atoms with Crippen molar-refractivity contribution in [1.82, 2.24) is 0 Å². The van der Waals surface area contributed by atoms with Gasteiger partial charge in [0, 0.05) is 0 Å². The van der Waals surface area contributed by atoms with Gasteiger partial charge < -0.3 is 0 Å². The Kier molecular flexibility index (Phi) is 3.55. The summed E-state index contributed by atoms with van der Waals surface area (Å²) in [5.74, 6) is 0. The van der Waals surface area contributed by atoms with Crippen LogP contribution in [0, 0.1) is 0 Å². The van der Waals surface area contributed by atoms with Gasteiger partial charge >= 0.3 is 0 Å². The van der Waals surface area contributed by atoms with E-state index in [2.05, 4.69) is 13.5 Å². The zero-order valence-corrected chi connectivity index (χ0v) is 3.70. The Morgan fingerprint density at radius 1 is 1.80 bits per heavy atom. The number of hydrogen-bond donors (Lipinski definition) is 0. The highest BCUT2D eigenvalue weighted by molar-refractivity contribution is 4.63. The van der Waals surface area contributed by atoms with Crippen LogP contribution in [0.5, 0.6) is 0 Å². The summed E-state index contributed by atoms with van der Waals surface area (Å²) in [6.45, 7) is 5.69. The third-order valence-electron chi connectivity index (χ3n) is 0.493. The Morgan fingerprint density at radius 3 is 2.40 bits per heavy atom. The standard InChI is InChI=1S/C5H10/c1-3-5-4-2/h3H,1,4-5H2,2H3/i4+1. The number of hydrogen-bond acceptors (Lipinski definition) is 0. The van der Waals surface area contributed by atoms with Gasteiger partial charge in [-0.25, -0.2) is 0 Å². The zero-order valence-electron chi connectivity index (χ0n) is 3.70. The predicted octanol–water partition coefficient (Wildman–Crippen LogP) is 1.97. The maximum atomic E-state index is 3.55. The van der Waals surface area contributed by atoms with Crippen LogP contribution in [0.15, 0.2) is 12.7 Å². The predicted molar refractivity (Wildman–Crippen MR) is 25.1 cm³/mol. The molecule has 0 atom stereocenters. The quantitative estimate of drug-likeness (QED) is 0.345. The van der Waals surface area contributed by atoms with Gasteiger partial charge in [0.1, 0.15) is 0 Å². The van der Waals surface area contributed by atoms with Crippen molar-refractivity contribution in [2.45, 2.75) is 19.8 Å². The van der Waals surface area contributed by atoms with Gasteiger partial charge in [0.05, 0.1) is 0 Å². The molecule has 30 valence electrons. The van der Waals surface area contributed by atoms with Crippen LogP contribution >= 0.6 is 0 Å². The lowest BCUT2D eigenvalue weighted by atomic mass is 10.6. The summed E-state index contributed by atoms with van der Waals surface area (Å²) in [4.78, 5) is 0. The molecule has 0 aromatic heterocycles. The van der Waals surface area contributed by atoms with E-state index >= 15 is 0 Å². The Bertz CT molecular complexity index is 21.2. The maximum absolute atomic E-state index is 3.55. The van der Waals surface area contributed by atoms with Crippen molar-refractivity contribution in [3.8, 4) is 0 Å². The summed E-state index contributed by atoms with van der Waals surface area (Å²) < 4.78 is 0. The molecule has 0 aliphatic heterocycles. The van der Waals surface area contributed by atoms with Gasteiger partial charge in [-0.3, -0.25) is 0 Å². The van der Waals surface area contributed by atoms with Gasteiger partial charge in [0.2, 0.25) is 0 Å². The molecule has 0 radical (unpaired) electrons. The molecule has 0 fully saturated rings. The average Bonchev–Trinajstić information content (AvgIpc) is 1.41. The molecular formula is C5H10. The van der Waals surface area contributed by atoms with Crippen LogP contribution < -0.4 is 0 Å². The molecule has 0 heteroatoms. The third-order valence-corrected chi connectivity index (χ3v) is 0.493. The van der Waals surface area contributed by atoms with Gasteiger partial charge in [-0.1, -0.05) is 19.4 Å². The van der Waals surface area contributed by atoms with E-state index in [0.29, 0.717) is 0 Å². The smallest absolute Gasteiger partial charge is 0.0356 e. The van der Waals surface area contributed by atoms with E-state index in [1.54, 1.807) is 0 Å². The van der Waals surface area contributed by atoms with E-state index in [9.17, 15) is 0 Å². The lowest BCUT2D eigenvalue weighted by Gasteiger charge is -1.72. The van der Waals surface area contributed by atoms with Gasteiger partial charge in [0.25, 0.3) is 0 Å². The zero-order chi connectivity index (χ0) is 4.12. The first-order chi connectivity index (χ1) is 2.41. The molecule has 0 saturated carbocycles. The van der Waals surface area contributed by atoms with Crippen molar-refractivity contribution in [1.29, 1.82) is 0 Å². The lowest BCUT2D eigenvalue weighted by molar-refractivity contribution is 0.961. The second-order valence-corrected chi connectivity index (χ2v) is 1.08. The SMILES string of the molecule is C=CC[13CH2]C. The normalized spacial score (nSPS) is 7.40. The van der Waals surface area contributed by atoms with Crippen molar-refractivity contribution < 1.29 is 0 Å². The molecule has 0 unspecified atom stereocenters. The van der Waals surface area contributed by atoms with Crippen LogP contribution in [0.3, 0.4) is 0 Å². The van der Waals surface area contributed by atoms with Crippen molar-refractivity contribution >= 4 is 0 Å². The van der Waals surface area contributed by atoms with Gasteiger partial charge in [-0.15, -0.1) is 6.58 Å². The first kappa shape index (κ1) is 4.74. The van der Waals surface area contributed by atoms with E-state index in [1.165, 1.54) is 6.42 Å². The van der Waals surface area contributed by atoms with Crippen LogP contribution in [0.25, 0.3) is 0 Å². The molecule has 0 aromatic rings. The first-order valence-corrected chi connectivity index (χ1v) is 2.02. The van der Waals surface area contributed by atoms with Crippen molar-refractivity contribution in [3.05, 3.63) is 12.7 Å². The van der Waals surface area contributed by atoms with Gasteiger partial charge in [-0.05, 0) is 6.42 Å². The molecule has 0 heterocycles.